The Bertz CT molecular complexity index is 236. The first-order chi connectivity index (χ1) is 8.93. The molecule has 0 unspecified atom stereocenters. The van der Waals surface area contributed by atoms with Gasteiger partial charge in [-0.05, 0) is 43.4 Å². The minimum absolute atomic E-state index is 0.00599. The van der Waals surface area contributed by atoms with E-state index < -0.39 is 0 Å². The van der Waals surface area contributed by atoms with Crippen LogP contribution in [0, 0.1) is 11.3 Å². The Labute approximate surface area is 120 Å². The van der Waals surface area contributed by atoms with Gasteiger partial charge in [0.15, 0.2) is 0 Å². The van der Waals surface area contributed by atoms with Crippen LogP contribution in [-0.2, 0) is 4.74 Å². The topological polar surface area (TPSA) is 35.2 Å². The van der Waals surface area contributed by atoms with Crippen LogP contribution in [0.25, 0.3) is 0 Å². The molecule has 2 heteroatoms. The smallest absolute Gasteiger partial charge is 0.0804 e. The van der Waals surface area contributed by atoms with Gasteiger partial charge in [0.05, 0.1) is 5.60 Å². The van der Waals surface area contributed by atoms with Crippen molar-refractivity contribution in [2.75, 3.05) is 13.2 Å². The highest BCUT2D eigenvalue weighted by molar-refractivity contribution is 4.91. The van der Waals surface area contributed by atoms with Crippen LogP contribution in [0.4, 0.5) is 0 Å². The summed E-state index contributed by atoms with van der Waals surface area (Å²) in [7, 11) is 0. The summed E-state index contributed by atoms with van der Waals surface area (Å²) in [5.74, 6) is 0.830. The first-order valence-corrected chi connectivity index (χ1v) is 8.27. The van der Waals surface area contributed by atoms with E-state index in [0.29, 0.717) is 12.0 Å². The zero-order valence-electron chi connectivity index (χ0n) is 13.6. The largest absolute Gasteiger partial charge is 0.374 e. The molecule has 2 nitrogen and oxygen atoms in total. The van der Waals surface area contributed by atoms with Crippen LogP contribution in [0.1, 0.15) is 79.1 Å². The second-order valence-electron chi connectivity index (χ2n) is 7.44. The highest BCUT2D eigenvalue weighted by Crippen LogP contribution is 2.42. The zero-order chi connectivity index (χ0) is 14.4. The predicted molar refractivity (Wildman–Crippen MR) is 83.3 cm³/mol. The second kappa shape index (κ2) is 7.64. The maximum atomic E-state index is 6.20. The van der Waals surface area contributed by atoms with Crippen molar-refractivity contribution in [1.82, 2.24) is 0 Å². The van der Waals surface area contributed by atoms with Crippen molar-refractivity contribution in [3.8, 4) is 0 Å². The van der Waals surface area contributed by atoms with Crippen LogP contribution >= 0.6 is 0 Å². The van der Waals surface area contributed by atoms with Crippen molar-refractivity contribution in [2.45, 2.75) is 84.7 Å². The van der Waals surface area contributed by atoms with Gasteiger partial charge in [-0.2, -0.15) is 0 Å². The van der Waals surface area contributed by atoms with E-state index in [9.17, 15) is 0 Å². The predicted octanol–water partition coefficient (Wildman–Crippen LogP) is 4.52. The van der Waals surface area contributed by atoms with Crippen LogP contribution in [0.2, 0.25) is 0 Å². The Morgan fingerprint density at radius 2 is 1.74 bits per heavy atom. The van der Waals surface area contributed by atoms with Gasteiger partial charge in [-0.3, -0.25) is 0 Å². The summed E-state index contributed by atoms with van der Waals surface area (Å²) in [6, 6.07) is 0. The zero-order valence-corrected chi connectivity index (χ0v) is 13.6. The van der Waals surface area contributed by atoms with Gasteiger partial charge in [-0.15, -0.1) is 0 Å². The molecular weight excluding hydrogens is 234 g/mol. The minimum atomic E-state index is -0.00599. The Morgan fingerprint density at radius 1 is 1.11 bits per heavy atom. The standard InChI is InChI=1S/C17H35NO/c1-5-6-7-8-13-19-17(14-18)11-9-15(10-12-17)16(2,3)4/h15H,5-14,18H2,1-4H3. The number of nitrogens with two attached hydrogens (primary N) is 1. The normalized spacial score (nSPS) is 28.6. The third-order valence-electron chi connectivity index (χ3n) is 4.90. The van der Waals surface area contributed by atoms with E-state index in [-0.39, 0.29) is 5.60 Å². The Morgan fingerprint density at radius 3 is 2.21 bits per heavy atom. The third-order valence-corrected chi connectivity index (χ3v) is 4.90. The van der Waals surface area contributed by atoms with Crippen LogP contribution in [-0.4, -0.2) is 18.8 Å². The Balaban J connectivity index is 2.34. The van der Waals surface area contributed by atoms with E-state index in [1.165, 1.54) is 38.5 Å². The molecule has 0 amide bonds. The molecule has 0 aliphatic heterocycles. The SMILES string of the molecule is CCCCCCOC1(CN)CCC(C(C)(C)C)CC1. The van der Waals surface area contributed by atoms with E-state index in [1.807, 2.05) is 0 Å². The lowest BCUT2D eigenvalue weighted by molar-refractivity contribution is -0.0807. The first-order valence-electron chi connectivity index (χ1n) is 8.27. The van der Waals surface area contributed by atoms with Crippen LogP contribution in [0.5, 0.6) is 0 Å². The summed E-state index contributed by atoms with van der Waals surface area (Å²) >= 11 is 0. The van der Waals surface area contributed by atoms with Gasteiger partial charge in [0, 0.05) is 13.2 Å². The molecule has 1 rings (SSSR count). The molecule has 0 aromatic carbocycles. The number of unbranched alkanes of at least 4 members (excludes halogenated alkanes) is 3. The van der Waals surface area contributed by atoms with Crippen LogP contribution < -0.4 is 5.73 Å². The van der Waals surface area contributed by atoms with Crippen molar-refractivity contribution in [1.29, 1.82) is 0 Å². The van der Waals surface area contributed by atoms with Crippen molar-refractivity contribution < 1.29 is 4.74 Å². The fourth-order valence-corrected chi connectivity index (χ4v) is 3.23. The molecule has 0 aromatic rings. The van der Waals surface area contributed by atoms with Crippen molar-refractivity contribution in [3.63, 3.8) is 0 Å². The van der Waals surface area contributed by atoms with Gasteiger partial charge >= 0.3 is 0 Å². The fraction of sp³-hybridized carbons (Fsp3) is 1.00. The second-order valence-corrected chi connectivity index (χ2v) is 7.44. The van der Waals surface area contributed by atoms with E-state index in [0.717, 1.165) is 25.4 Å². The molecule has 1 fully saturated rings. The van der Waals surface area contributed by atoms with Gasteiger partial charge in [0.1, 0.15) is 0 Å². The Kier molecular flexibility index (Phi) is 6.82. The van der Waals surface area contributed by atoms with E-state index >= 15 is 0 Å². The number of ether oxygens (including phenoxy) is 1. The molecule has 0 spiro atoms. The summed E-state index contributed by atoms with van der Waals surface area (Å²) in [6.07, 6.45) is 9.95. The van der Waals surface area contributed by atoms with Crippen LogP contribution in [0.3, 0.4) is 0 Å². The van der Waals surface area contributed by atoms with Crippen molar-refractivity contribution in [2.24, 2.45) is 17.1 Å². The van der Waals surface area contributed by atoms with Crippen LogP contribution in [0.15, 0.2) is 0 Å². The molecule has 0 saturated heterocycles. The van der Waals surface area contributed by atoms with Gasteiger partial charge < -0.3 is 10.5 Å². The van der Waals surface area contributed by atoms with Gasteiger partial charge in [0.2, 0.25) is 0 Å². The first kappa shape index (κ1) is 17.0. The summed E-state index contributed by atoms with van der Waals surface area (Å²) in [5.41, 5.74) is 6.44. The molecule has 114 valence electrons. The average Bonchev–Trinajstić information content (AvgIpc) is 2.38. The molecule has 0 radical (unpaired) electrons. The monoisotopic (exact) mass is 269 g/mol. The lowest BCUT2D eigenvalue weighted by Gasteiger charge is -2.43. The van der Waals surface area contributed by atoms with Gasteiger partial charge in [0.25, 0.3) is 0 Å². The number of hydrogen-bond donors (Lipinski definition) is 1. The average molecular weight is 269 g/mol. The molecular formula is C17H35NO. The number of rotatable bonds is 7. The summed E-state index contributed by atoms with van der Waals surface area (Å²) in [5, 5.41) is 0. The Hall–Kier alpha value is -0.0800. The number of hydrogen-bond acceptors (Lipinski definition) is 2. The molecule has 2 N–H and O–H groups in total. The molecule has 1 saturated carbocycles. The van der Waals surface area contributed by atoms with Gasteiger partial charge in [-0.25, -0.2) is 0 Å². The summed E-state index contributed by atoms with van der Waals surface area (Å²) in [4.78, 5) is 0. The molecule has 0 atom stereocenters. The van der Waals surface area contributed by atoms with Gasteiger partial charge in [-0.1, -0.05) is 47.0 Å². The molecule has 0 bridgehead atoms. The summed E-state index contributed by atoms with van der Waals surface area (Å²) in [6.45, 7) is 10.9. The van der Waals surface area contributed by atoms with E-state index in [2.05, 4.69) is 27.7 Å². The van der Waals surface area contributed by atoms with E-state index in [1.54, 1.807) is 0 Å². The third kappa shape index (κ3) is 5.43. The maximum Gasteiger partial charge on any atom is 0.0804 e. The quantitative estimate of drug-likeness (QED) is 0.690. The molecule has 0 heterocycles. The molecule has 19 heavy (non-hydrogen) atoms. The lowest BCUT2D eigenvalue weighted by Crippen LogP contribution is -2.45. The van der Waals surface area contributed by atoms with Crippen molar-refractivity contribution >= 4 is 0 Å². The molecule has 1 aliphatic rings. The highest BCUT2D eigenvalue weighted by atomic mass is 16.5. The lowest BCUT2D eigenvalue weighted by atomic mass is 9.68. The van der Waals surface area contributed by atoms with Crippen molar-refractivity contribution in [3.05, 3.63) is 0 Å². The van der Waals surface area contributed by atoms with E-state index in [4.69, 9.17) is 10.5 Å². The summed E-state index contributed by atoms with van der Waals surface area (Å²) < 4.78 is 6.20. The molecule has 1 aliphatic carbocycles. The maximum absolute atomic E-state index is 6.20. The molecule has 0 aromatic heterocycles. The fourth-order valence-electron chi connectivity index (χ4n) is 3.23. The minimum Gasteiger partial charge on any atom is -0.374 e. The highest BCUT2D eigenvalue weighted by Gasteiger charge is 2.38.